The van der Waals surface area contributed by atoms with Crippen molar-refractivity contribution >= 4 is 34.3 Å². The average molecular weight is 420 g/mol. The standard InChI is InChI=1S/C25H25NO3S/c1-5-29-25(28)23-21(20-12-8-17(3)14-18(20)4)15-30-24(23)26-22(27)13-11-19-9-6-16(2)7-10-19/h6-15H,5H2,1-4H3,(H,26,27)/b13-11+. The Morgan fingerprint density at radius 2 is 1.70 bits per heavy atom. The van der Waals surface area contributed by atoms with Gasteiger partial charge in [-0.15, -0.1) is 11.3 Å². The number of thiophene rings is 1. The van der Waals surface area contributed by atoms with Gasteiger partial charge < -0.3 is 10.1 Å². The lowest BCUT2D eigenvalue weighted by atomic mass is 9.97. The highest BCUT2D eigenvalue weighted by atomic mass is 32.1. The molecule has 0 saturated heterocycles. The van der Waals surface area contributed by atoms with Gasteiger partial charge in [0.15, 0.2) is 0 Å². The van der Waals surface area contributed by atoms with Crippen LogP contribution in [0.1, 0.15) is 39.5 Å². The highest BCUT2D eigenvalue weighted by Crippen LogP contribution is 2.37. The van der Waals surface area contributed by atoms with Gasteiger partial charge in [0.2, 0.25) is 5.91 Å². The zero-order chi connectivity index (χ0) is 21.7. The molecular weight excluding hydrogens is 394 g/mol. The second-order valence-corrected chi connectivity index (χ2v) is 8.01. The van der Waals surface area contributed by atoms with E-state index in [0.717, 1.165) is 33.4 Å². The number of rotatable bonds is 6. The van der Waals surface area contributed by atoms with E-state index in [2.05, 4.69) is 11.4 Å². The molecule has 0 radical (unpaired) electrons. The maximum Gasteiger partial charge on any atom is 0.341 e. The molecule has 0 aliphatic rings. The Bertz CT molecular complexity index is 1090. The van der Waals surface area contributed by atoms with Crippen molar-refractivity contribution in [2.75, 3.05) is 11.9 Å². The van der Waals surface area contributed by atoms with Gasteiger partial charge in [-0.05, 0) is 50.5 Å². The minimum atomic E-state index is -0.438. The monoisotopic (exact) mass is 419 g/mol. The number of hydrogen-bond acceptors (Lipinski definition) is 4. The van der Waals surface area contributed by atoms with E-state index in [1.165, 1.54) is 17.4 Å². The van der Waals surface area contributed by atoms with Gasteiger partial charge in [-0.25, -0.2) is 4.79 Å². The Hall–Kier alpha value is -3.18. The Kier molecular flexibility index (Phi) is 6.85. The zero-order valence-corrected chi connectivity index (χ0v) is 18.4. The van der Waals surface area contributed by atoms with Gasteiger partial charge in [-0.2, -0.15) is 0 Å². The van der Waals surface area contributed by atoms with Gasteiger partial charge in [0.1, 0.15) is 10.6 Å². The molecule has 0 fully saturated rings. The first-order valence-electron chi connectivity index (χ1n) is 9.81. The summed E-state index contributed by atoms with van der Waals surface area (Å²) in [7, 11) is 0. The van der Waals surface area contributed by atoms with E-state index in [1.54, 1.807) is 13.0 Å². The summed E-state index contributed by atoms with van der Waals surface area (Å²) in [5.74, 6) is -0.735. The van der Waals surface area contributed by atoms with Crippen molar-refractivity contribution < 1.29 is 14.3 Å². The molecule has 1 amide bonds. The SMILES string of the molecule is CCOC(=O)c1c(-c2ccc(C)cc2C)csc1NC(=O)/C=C/c1ccc(C)cc1. The quantitative estimate of drug-likeness (QED) is 0.384. The number of hydrogen-bond donors (Lipinski definition) is 1. The molecule has 0 atom stereocenters. The molecule has 0 saturated carbocycles. The van der Waals surface area contributed by atoms with Gasteiger partial charge in [-0.1, -0.05) is 53.6 Å². The van der Waals surface area contributed by atoms with Crippen molar-refractivity contribution in [3.8, 4) is 11.1 Å². The molecule has 1 heterocycles. The van der Waals surface area contributed by atoms with Crippen LogP contribution in [0.4, 0.5) is 5.00 Å². The van der Waals surface area contributed by atoms with E-state index >= 15 is 0 Å². The normalized spacial score (nSPS) is 10.9. The van der Waals surface area contributed by atoms with E-state index in [-0.39, 0.29) is 12.5 Å². The number of carbonyl (C=O) groups excluding carboxylic acids is 2. The minimum Gasteiger partial charge on any atom is -0.462 e. The lowest BCUT2D eigenvalue weighted by Gasteiger charge is -2.10. The number of benzene rings is 2. The van der Waals surface area contributed by atoms with Crippen LogP contribution in [-0.4, -0.2) is 18.5 Å². The number of amides is 1. The van der Waals surface area contributed by atoms with Crippen molar-refractivity contribution in [2.45, 2.75) is 27.7 Å². The Labute approximate surface area is 181 Å². The second kappa shape index (κ2) is 9.55. The number of ether oxygens (including phenoxy) is 1. The first-order chi connectivity index (χ1) is 14.4. The van der Waals surface area contributed by atoms with Crippen molar-refractivity contribution in [1.29, 1.82) is 0 Å². The summed E-state index contributed by atoms with van der Waals surface area (Å²) in [6, 6.07) is 14.0. The molecular formula is C25H25NO3S. The molecule has 30 heavy (non-hydrogen) atoms. The van der Waals surface area contributed by atoms with E-state index in [1.807, 2.05) is 62.5 Å². The molecule has 0 aliphatic carbocycles. The van der Waals surface area contributed by atoms with Crippen LogP contribution in [0.5, 0.6) is 0 Å². The topological polar surface area (TPSA) is 55.4 Å². The number of anilines is 1. The summed E-state index contributed by atoms with van der Waals surface area (Å²) in [4.78, 5) is 25.2. The Morgan fingerprint density at radius 3 is 2.37 bits per heavy atom. The largest absolute Gasteiger partial charge is 0.462 e. The summed E-state index contributed by atoms with van der Waals surface area (Å²) in [5.41, 5.74) is 6.43. The average Bonchev–Trinajstić information content (AvgIpc) is 3.11. The molecule has 5 heteroatoms. The fourth-order valence-corrected chi connectivity index (χ4v) is 4.12. The molecule has 4 nitrogen and oxygen atoms in total. The molecule has 154 valence electrons. The maximum atomic E-state index is 12.7. The minimum absolute atomic E-state index is 0.266. The van der Waals surface area contributed by atoms with Gasteiger partial charge >= 0.3 is 5.97 Å². The summed E-state index contributed by atoms with van der Waals surface area (Å²) >= 11 is 1.32. The van der Waals surface area contributed by atoms with Crippen LogP contribution < -0.4 is 5.32 Å². The number of esters is 1. The summed E-state index contributed by atoms with van der Waals surface area (Å²) in [6.45, 7) is 8.09. The van der Waals surface area contributed by atoms with Crippen LogP contribution in [0.3, 0.4) is 0 Å². The zero-order valence-electron chi connectivity index (χ0n) is 17.6. The summed E-state index contributed by atoms with van der Waals surface area (Å²) in [5, 5.41) is 5.22. The maximum absolute atomic E-state index is 12.7. The van der Waals surface area contributed by atoms with Crippen LogP contribution in [0.2, 0.25) is 0 Å². The highest BCUT2D eigenvalue weighted by Gasteiger charge is 2.23. The van der Waals surface area contributed by atoms with E-state index in [4.69, 9.17) is 4.74 Å². The number of aryl methyl sites for hydroxylation is 3. The van der Waals surface area contributed by atoms with Gasteiger partial charge in [0, 0.05) is 17.0 Å². The second-order valence-electron chi connectivity index (χ2n) is 7.13. The Balaban J connectivity index is 1.90. The molecule has 0 aliphatic heterocycles. The van der Waals surface area contributed by atoms with Crippen LogP contribution in [0.25, 0.3) is 17.2 Å². The van der Waals surface area contributed by atoms with Crippen LogP contribution in [0, 0.1) is 20.8 Å². The van der Waals surface area contributed by atoms with Crippen molar-refractivity contribution in [1.82, 2.24) is 0 Å². The smallest absolute Gasteiger partial charge is 0.341 e. The van der Waals surface area contributed by atoms with Crippen molar-refractivity contribution in [2.24, 2.45) is 0 Å². The molecule has 3 rings (SSSR count). The van der Waals surface area contributed by atoms with Crippen LogP contribution >= 0.6 is 11.3 Å². The first-order valence-corrected chi connectivity index (χ1v) is 10.7. The van der Waals surface area contributed by atoms with Gasteiger partial charge in [0.25, 0.3) is 0 Å². The van der Waals surface area contributed by atoms with Crippen LogP contribution in [-0.2, 0) is 9.53 Å². The molecule has 0 spiro atoms. The predicted molar refractivity (Wildman–Crippen MR) is 124 cm³/mol. The lowest BCUT2D eigenvalue weighted by molar-refractivity contribution is -0.111. The van der Waals surface area contributed by atoms with Crippen LogP contribution in [0.15, 0.2) is 53.9 Å². The van der Waals surface area contributed by atoms with Gasteiger partial charge in [0.05, 0.1) is 6.61 Å². The van der Waals surface area contributed by atoms with Crippen molar-refractivity contribution in [3.63, 3.8) is 0 Å². The third-order valence-electron chi connectivity index (χ3n) is 4.68. The molecule has 1 aromatic heterocycles. The molecule has 1 N–H and O–H groups in total. The number of carbonyl (C=O) groups is 2. The molecule has 0 bridgehead atoms. The fraction of sp³-hybridized carbons (Fsp3) is 0.200. The molecule has 0 unspecified atom stereocenters. The third-order valence-corrected chi connectivity index (χ3v) is 5.58. The highest BCUT2D eigenvalue weighted by molar-refractivity contribution is 7.15. The van der Waals surface area contributed by atoms with Crippen molar-refractivity contribution in [3.05, 3.63) is 81.7 Å². The van der Waals surface area contributed by atoms with E-state index in [0.29, 0.717) is 10.6 Å². The third kappa shape index (κ3) is 5.05. The predicted octanol–water partition coefficient (Wildman–Crippen LogP) is 6.17. The van der Waals surface area contributed by atoms with E-state index in [9.17, 15) is 9.59 Å². The summed E-state index contributed by atoms with van der Waals surface area (Å²) < 4.78 is 5.27. The Morgan fingerprint density at radius 1 is 1.00 bits per heavy atom. The first kappa shape index (κ1) is 21.5. The number of nitrogens with one attached hydrogen (secondary N) is 1. The summed E-state index contributed by atoms with van der Waals surface area (Å²) in [6.07, 6.45) is 3.22. The van der Waals surface area contributed by atoms with E-state index < -0.39 is 5.97 Å². The lowest BCUT2D eigenvalue weighted by Crippen LogP contribution is -2.12. The molecule has 2 aromatic carbocycles. The molecule has 3 aromatic rings. The van der Waals surface area contributed by atoms with Gasteiger partial charge in [-0.3, -0.25) is 4.79 Å². The fourth-order valence-electron chi connectivity index (χ4n) is 3.17.